The molecule has 0 radical (unpaired) electrons. The van der Waals surface area contributed by atoms with Crippen molar-refractivity contribution in [2.45, 2.75) is 4.90 Å². The van der Waals surface area contributed by atoms with E-state index in [2.05, 4.69) is 15.1 Å². The summed E-state index contributed by atoms with van der Waals surface area (Å²) in [7, 11) is -2.38. The fraction of sp³-hybridized carbons (Fsp3) is 0.0476. The summed E-state index contributed by atoms with van der Waals surface area (Å²) >= 11 is 0. The zero-order chi connectivity index (χ0) is 21.1. The molecule has 0 aliphatic carbocycles. The number of fused-ring (bicyclic) bond motifs is 1. The van der Waals surface area contributed by atoms with Gasteiger partial charge < -0.3 is 4.74 Å². The van der Waals surface area contributed by atoms with E-state index in [1.807, 2.05) is 24.3 Å². The number of imidazole rings is 1. The molecular formula is C21H18N4O4S. The number of anilines is 1. The molecule has 0 saturated carbocycles. The van der Waals surface area contributed by atoms with Crippen LogP contribution in [0.1, 0.15) is 10.4 Å². The van der Waals surface area contributed by atoms with E-state index in [0.29, 0.717) is 17.0 Å². The molecular weight excluding hydrogens is 404 g/mol. The first-order valence-corrected chi connectivity index (χ1v) is 10.5. The average Bonchev–Trinajstić information content (AvgIpc) is 3.17. The second-order valence-electron chi connectivity index (χ2n) is 6.37. The average molecular weight is 422 g/mol. The maximum Gasteiger partial charge on any atom is 0.270 e. The number of aromatic nitrogens is 2. The van der Waals surface area contributed by atoms with Crippen LogP contribution in [0.15, 0.2) is 84.0 Å². The normalized spacial score (nSPS) is 11.2. The molecule has 8 nitrogen and oxygen atoms in total. The highest BCUT2D eigenvalue weighted by Gasteiger charge is 2.17. The second kappa shape index (κ2) is 7.88. The first kappa shape index (κ1) is 19.5. The molecule has 4 rings (SSSR count). The van der Waals surface area contributed by atoms with Gasteiger partial charge in [-0.1, -0.05) is 24.3 Å². The van der Waals surface area contributed by atoms with E-state index in [9.17, 15) is 13.2 Å². The maximum absolute atomic E-state index is 12.7. The number of hydrogen-bond donors (Lipinski definition) is 2. The number of nitrogens with one attached hydrogen (secondary N) is 2. The molecule has 0 bridgehead atoms. The third-order valence-corrected chi connectivity index (χ3v) is 5.84. The lowest BCUT2D eigenvalue weighted by Gasteiger charge is -2.12. The minimum absolute atomic E-state index is 0.0260. The van der Waals surface area contributed by atoms with Gasteiger partial charge in [-0.3, -0.25) is 14.9 Å². The Labute approximate surface area is 173 Å². The Kier molecular flexibility index (Phi) is 5.11. The topological polar surface area (TPSA) is 102 Å². The molecule has 152 valence electrons. The van der Waals surface area contributed by atoms with Crippen LogP contribution in [-0.2, 0) is 10.0 Å². The number of amides is 1. The Morgan fingerprint density at radius 2 is 1.67 bits per heavy atom. The van der Waals surface area contributed by atoms with Crippen molar-refractivity contribution in [3.63, 3.8) is 0 Å². The number of rotatable bonds is 6. The lowest BCUT2D eigenvalue weighted by molar-refractivity contribution is 0.101. The van der Waals surface area contributed by atoms with Crippen molar-refractivity contribution in [1.29, 1.82) is 0 Å². The number of hydrogen-bond acceptors (Lipinski definition) is 5. The van der Waals surface area contributed by atoms with Crippen LogP contribution in [0.2, 0.25) is 0 Å². The van der Waals surface area contributed by atoms with Gasteiger partial charge in [0.2, 0.25) is 0 Å². The minimum Gasteiger partial charge on any atom is -0.495 e. The monoisotopic (exact) mass is 422 g/mol. The fourth-order valence-corrected chi connectivity index (χ4v) is 4.01. The molecule has 0 atom stereocenters. The third kappa shape index (κ3) is 3.83. The predicted molar refractivity (Wildman–Crippen MR) is 114 cm³/mol. The number of carbonyl (C=O) groups is 1. The van der Waals surface area contributed by atoms with Crippen molar-refractivity contribution in [2.75, 3.05) is 17.3 Å². The van der Waals surface area contributed by atoms with Crippen LogP contribution in [0.3, 0.4) is 0 Å². The summed E-state index contributed by atoms with van der Waals surface area (Å²) in [5.74, 6) is 0.0180. The molecule has 4 aromatic rings. The first-order chi connectivity index (χ1) is 14.5. The van der Waals surface area contributed by atoms with Gasteiger partial charge in [0.1, 0.15) is 12.1 Å². The second-order valence-corrected chi connectivity index (χ2v) is 8.06. The molecule has 0 aliphatic heterocycles. The van der Waals surface area contributed by atoms with Crippen molar-refractivity contribution in [1.82, 2.24) is 9.66 Å². The van der Waals surface area contributed by atoms with Gasteiger partial charge in [0.25, 0.3) is 15.9 Å². The largest absolute Gasteiger partial charge is 0.495 e. The summed E-state index contributed by atoms with van der Waals surface area (Å²) in [5.41, 5.74) is 4.87. The molecule has 1 aromatic heterocycles. The highest BCUT2D eigenvalue weighted by Crippen LogP contribution is 2.26. The van der Waals surface area contributed by atoms with Crippen LogP contribution in [0.25, 0.3) is 11.0 Å². The molecule has 3 aromatic carbocycles. The Hall–Kier alpha value is -3.85. The smallest absolute Gasteiger partial charge is 0.270 e. The molecule has 0 fully saturated rings. The highest BCUT2D eigenvalue weighted by molar-refractivity contribution is 7.92. The van der Waals surface area contributed by atoms with Crippen molar-refractivity contribution in [3.05, 3.63) is 84.7 Å². The molecule has 1 amide bonds. The van der Waals surface area contributed by atoms with E-state index in [4.69, 9.17) is 4.74 Å². The quantitative estimate of drug-likeness (QED) is 0.497. The highest BCUT2D eigenvalue weighted by atomic mass is 32.2. The summed E-state index contributed by atoms with van der Waals surface area (Å²) in [6.45, 7) is 0. The Morgan fingerprint density at radius 3 is 2.43 bits per heavy atom. The summed E-state index contributed by atoms with van der Waals surface area (Å²) in [4.78, 5) is 16.8. The van der Waals surface area contributed by atoms with Gasteiger partial charge in [-0.05, 0) is 48.5 Å². The summed E-state index contributed by atoms with van der Waals surface area (Å²) < 4.78 is 34.5. The van der Waals surface area contributed by atoms with Crippen LogP contribution in [0.4, 0.5) is 5.69 Å². The lowest BCUT2D eigenvalue weighted by Crippen LogP contribution is -2.22. The number of sulfonamides is 1. The van der Waals surface area contributed by atoms with Crippen molar-refractivity contribution in [2.24, 2.45) is 0 Å². The number of benzene rings is 3. The van der Waals surface area contributed by atoms with Gasteiger partial charge in [-0.15, -0.1) is 0 Å². The SMILES string of the molecule is COc1ccccc1NS(=O)(=O)c1ccc(C(=O)Nn2cnc3ccccc32)cc1. The van der Waals surface area contributed by atoms with Crippen LogP contribution >= 0.6 is 0 Å². The number of para-hydroxylation sites is 4. The Balaban J connectivity index is 1.52. The molecule has 9 heteroatoms. The third-order valence-electron chi connectivity index (χ3n) is 4.45. The number of nitrogens with zero attached hydrogens (tertiary/aromatic N) is 2. The van der Waals surface area contributed by atoms with E-state index >= 15 is 0 Å². The summed E-state index contributed by atoms with van der Waals surface area (Å²) in [6.07, 6.45) is 1.51. The van der Waals surface area contributed by atoms with Gasteiger partial charge in [0, 0.05) is 5.56 Å². The van der Waals surface area contributed by atoms with E-state index in [-0.39, 0.29) is 10.8 Å². The molecule has 1 heterocycles. The molecule has 0 saturated heterocycles. The zero-order valence-corrected chi connectivity index (χ0v) is 16.8. The predicted octanol–water partition coefficient (Wildman–Crippen LogP) is 3.23. The van der Waals surface area contributed by atoms with E-state index < -0.39 is 10.0 Å². The molecule has 30 heavy (non-hydrogen) atoms. The van der Waals surface area contributed by atoms with E-state index in [1.165, 1.54) is 42.4 Å². The molecule has 0 aliphatic rings. The van der Waals surface area contributed by atoms with Crippen LogP contribution < -0.4 is 14.9 Å². The summed E-state index contributed by atoms with van der Waals surface area (Å²) in [6, 6.07) is 19.7. The minimum atomic E-state index is -3.84. The van der Waals surface area contributed by atoms with Crippen molar-refractivity contribution in [3.8, 4) is 5.75 Å². The van der Waals surface area contributed by atoms with Gasteiger partial charge in [0.15, 0.2) is 0 Å². The van der Waals surface area contributed by atoms with Crippen molar-refractivity contribution >= 4 is 32.7 Å². The van der Waals surface area contributed by atoms with Gasteiger partial charge in [0.05, 0.1) is 28.7 Å². The van der Waals surface area contributed by atoms with Gasteiger partial charge >= 0.3 is 0 Å². The van der Waals surface area contributed by atoms with Crippen LogP contribution in [0.5, 0.6) is 5.75 Å². The standard InChI is InChI=1S/C21H18N4O4S/c1-29-20-9-5-3-7-18(20)24-30(27,28)16-12-10-15(11-13-16)21(26)23-25-14-22-17-6-2-4-8-19(17)25/h2-14,24H,1H3,(H,23,26). The van der Waals surface area contributed by atoms with Crippen molar-refractivity contribution < 1.29 is 17.9 Å². The first-order valence-electron chi connectivity index (χ1n) is 8.97. The number of ether oxygens (including phenoxy) is 1. The van der Waals surface area contributed by atoms with Gasteiger partial charge in [-0.25, -0.2) is 18.1 Å². The van der Waals surface area contributed by atoms with Crippen LogP contribution in [0, 0.1) is 0 Å². The van der Waals surface area contributed by atoms with Gasteiger partial charge in [-0.2, -0.15) is 0 Å². The van der Waals surface area contributed by atoms with E-state index in [1.54, 1.807) is 24.3 Å². The van der Waals surface area contributed by atoms with E-state index in [0.717, 1.165) is 11.0 Å². The zero-order valence-electron chi connectivity index (χ0n) is 15.9. The Bertz CT molecular complexity index is 1310. The number of methoxy groups -OCH3 is 1. The maximum atomic E-state index is 12.7. The fourth-order valence-electron chi connectivity index (χ4n) is 2.94. The molecule has 0 spiro atoms. The Morgan fingerprint density at radius 1 is 0.967 bits per heavy atom. The molecule has 0 unspecified atom stereocenters. The van der Waals surface area contributed by atoms with Crippen LogP contribution in [-0.4, -0.2) is 31.1 Å². The molecule has 2 N–H and O–H groups in total. The lowest BCUT2D eigenvalue weighted by atomic mass is 10.2. The summed E-state index contributed by atoms with van der Waals surface area (Å²) in [5, 5.41) is 0. The number of carbonyl (C=O) groups excluding carboxylic acids is 1.